The van der Waals surface area contributed by atoms with Crippen molar-refractivity contribution in [3.63, 3.8) is 0 Å². The average Bonchev–Trinajstić information content (AvgIpc) is 2.99. The number of rotatable bonds is 12. The number of carboxylic acids is 3. The fourth-order valence-corrected chi connectivity index (χ4v) is 7.07. The van der Waals surface area contributed by atoms with Gasteiger partial charge in [-0.1, -0.05) is 12.1 Å². The molecule has 0 spiro atoms. The van der Waals surface area contributed by atoms with Crippen LogP contribution in [0.1, 0.15) is 38.3 Å². The van der Waals surface area contributed by atoms with E-state index in [0.29, 0.717) is 80.9 Å². The van der Waals surface area contributed by atoms with Crippen LogP contribution in [-0.4, -0.2) is 129 Å². The molecule has 0 aliphatic carbocycles. The first-order valence-electron chi connectivity index (χ1n) is 15.6. The van der Waals surface area contributed by atoms with Gasteiger partial charge in [0.2, 0.25) is 0 Å². The summed E-state index contributed by atoms with van der Waals surface area (Å²) in [5.74, 6) is -3.04. The van der Waals surface area contributed by atoms with Crippen LogP contribution >= 0.6 is 11.3 Å². The van der Waals surface area contributed by atoms with Gasteiger partial charge in [-0.05, 0) is 44.0 Å². The summed E-state index contributed by atoms with van der Waals surface area (Å²) in [6.45, 7) is 5.87. The highest BCUT2D eigenvalue weighted by Crippen LogP contribution is 2.24. The van der Waals surface area contributed by atoms with E-state index in [-0.39, 0.29) is 30.7 Å². The van der Waals surface area contributed by atoms with Gasteiger partial charge in [0.15, 0.2) is 5.43 Å². The number of aliphatic carboxylic acids is 3. The van der Waals surface area contributed by atoms with Crippen molar-refractivity contribution in [1.82, 2.24) is 25.0 Å². The minimum absolute atomic E-state index is 0.0167. The van der Waals surface area contributed by atoms with Crippen molar-refractivity contribution in [2.75, 3.05) is 52.4 Å². The molecule has 4 rings (SSSR count). The molecular weight excluding hydrogens is 614 g/mol. The molecule has 14 heteroatoms. The second-order valence-electron chi connectivity index (χ2n) is 11.7. The molecular formula is C32H43N5O8S. The van der Waals surface area contributed by atoms with Crippen molar-refractivity contribution in [2.24, 2.45) is 0 Å². The van der Waals surface area contributed by atoms with Gasteiger partial charge in [-0.2, -0.15) is 0 Å². The molecule has 250 valence electrons. The number of nitrogens with zero attached hydrogens (tertiary/aromatic N) is 4. The van der Waals surface area contributed by atoms with Crippen molar-refractivity contribution in [3.8, 4) is 0 Å². The van der Waals surface area contributed by atoms with Gasteiger partial charge in [0.05, 0.1) is 17.2 Å². The Morgan fingerprint density at radius 1 is 0.870 bits per heavy atom. The first-order chi connectivity index (χ1) is 22.0. The van der Waals surface area contributed by atoms with Gasteiger partial charge in [-0.25, -0.2) is 4.98 Å². The normalized spacial score (nSPS) is 18.4. The quantitative estimate of drug-likeness (QED) is 0.178. The van der Waals surface area contributed by atoms with Gasteiger partial charge in [0, 0.05) is 87.9 Å². The minimum Gasteiger partial charge on any atom is -0.481 e. The second-order valence-corrected chi connectivity index (χ2v) is 12.7. The van der Waals surface area contributed by atoms with Gasteiger partial charge < -0.3 is 25.7 Å². The summed E-state index contributed by atoms with van der Waals surface area (Å²) in [5, 5.41) is 43.6. The molecule has 2 aromatic heterocycles. The van der Waals surface area contributed by atoms with Crippen LogP contribution < -0.4 is 10.7 Å². The Balaban J connectivity index is 1.61. The van der Waals surface area contributed by atoms with Crippen LogP contribution in [0.3, 0.4) is 0 Å². The van der Waals surface area contributed by atoms with E-state index in [0.717, 1.165) is 10.4 Å². The highest BCUT2D eigenvalue weighted by atomic mass is 32.1. The summed E-state index contributed by atoms with van der Waals surface area (Å²) >= 11 is 1.45. The Morgan fingerprint density at radius 2 is 1.52 bits per heavy atom. The predicted molar refractivity (Wildman–Crippen MR) is 175 cm³/mol. The largest absolute Gasteiger partial charge is 0.481 e. The minimum atomic E-state index is -1.07. The van der Waals surface area contributed by atoms with Gasteiger partial charge in [-0.15, -0.1) is 11.3 Å². The van der Waals surface area contributed by atoms with Crippen LogP contribution in [0.15, 0.2) is 41.2 Å². The topological polar surface area (TPSA) is 184 Å². The van der Waals surface area contributed by atoms with Gasteiger partial charge >= 0.3 is 17.9 Å². The summed E-state index contributed by atoms with van der Waals surface area (Å²) in [6, 6.07) is 9.73. The number of carbonyl (C=O) groups is 3. The number of pyridine rings is 1. The van der Waals surface area contributed by atoms with Crippen molar-refractivity contribution in [3.05, 3.63) is 52.3 Å². The molecule has 3 atom stereocenters. The molecule has 1 aliphatic heterocycles. The molecule has 13 nitrogen and oxygen atoms in total. The molecule has 0 saturated carbocycles. The van der Waals surface area contributed by atoms with Crippen LogP contribution in [-0.2, 0) is 20.9 Å². The first kappa shape index (κ1) is 35.3. The molecule has 0 bridgehead atoms. The fraction of sp³-hybridized carbons (Fsp3) is 0.531. The van der Waals surface area contributed by atoms with Crippen LogP contribution in [0.5, 0.6) is 0 Å². The summed E-state index contributed by atoms with van der Waals surface area (Å²) < 4.78 is 0.849. The average molecular weight is 658 g/mol. The van der Waals surface area contributed by atoms with Crippen LogP contribution in [0.2, 0.25) is 0 Å². The van der Waals surface area contributed by atoms with E-state index in [1.54, 1.807) is 13.0 Å². The summed E-state index contributed by atoms with van der Waals surface area (Å²) in [6.07, 6.45) is -0.790. The van der Waals surface area contributed by atoms with Gasteiger partial charge in [-0.3, -0.25) is 33.9 Å². The Hall–Kier alpha value is -3.53. The van der Waals surface area contributed by atoms with Crippen LogP contribution in [0, 0.1) is 0 Å². The number of aliphatic hydroxyl groups is 1. The third kappa shape index (κ3) is 9.74. The molecule has 3 unspecified atom stereocenters. The lowest BCUT2D eigenvalue weighted by Crippen LogP contribution is -2.52. The number of carboxylic acid groups (broad SMARTS) is 3. The summed E-state index contributed by atoms with van der Waals surface area (Å²) in [5.41, 5.74) is 0.671. The zero-order valence-electron chi connectivity index (χ0n) is 26.0. The third-order valence-electron chi connectivity index (χ3n) is 8.48. The fourth-order valence-electron chi connectivity index (χ4n) is 6.01. The number of hydrogen-bond donors (Lipinski definition) is 5. The van der Waals surface area contributed by atoms with E-state index < -0.39 is 30.1 Å². The van der Waals surface area contributed by atoms with E-state index in [9.17, 15) is 39.6 Å². The van der Waals surface area contributed by atoms with Crippen LogP contribution in [0.4, 0.5) is 0 Å². The lowest BCUT2D eigenvalue weighted by molar-refractivity contribution is -0.144. The van der Waals surface area contributed by atoms with Crippen LogP contribution in [0.25, 0.3) is 20.3 Å². The number of aromatic nitrogens is 1. The molecule has 1 fully saturated rings. The molecule has 5 N–H and O–H groups in total. The van der Waals surface area contributed by atoms with E-state index in [1.165, 1.54) is 11.3 Å². The van der Waals surface area contributed by atoms with Gasteiger partial charge in [0.25, 0.3) is 0 Å². The highest BCUT2D eigenvalue weighted by molar-refractivity contribution is 7.24. The lowest BCUT2D eigenvalue weighted by Gasteiger charge is -2.37. The zero-order valence-corrected chi connectivity index (χ0v) is 26.8. The molecule has 1 aromatic carbocycles. The third-order valence-corrected chi connectivity index (χ3v) is 9.56. The Labute approximate surface area is 271 Å². The molecule has 3 heterocycles. The summed E-state index contributed by atoms with van der Waals surface area (Å²) in [7, 11) is 0. The Bertz CT molecular complexity index is 1570. The number of hydrogen-bond acceptors (Lipinski definition) is 11. The molecule has 1 aliphatic rings. The maximum Gasteiger partial charge on any atom is 0.320 e. The van der Waals surface area contributed by atoms with E-state index >= 15 is 0 Å². The number of nitrogens with one attached hydrogen (secondary N) is 1. The molecule has 46 heavy (non-hydrogen) atoms. The maximum absolute atomic E-state index is 13.1. The van der Waals surface area contributed by atoms with Crippen molar-refractivity contribution in [2.45, 2.75) is 57.3 Å². The highest BCUT2D eigenvalue weighted by Gasteiger charge is 2.28. The molecule has 3 aromatic rings. The van der Waals surface area contributed by atoms with Crippen molar-refractivity contribution < 1.29 is 34.8 Å². The Kier molecular flexibility index (Phi) is 12.9. The van der Waals surface area contributed by atoms with E-state index in [1.807, 2.05) is 35.2 Å². The van der Waals surface area contributed by atoms with E-state index in [4.69, 9.17) is 4.98 Å². The second kappa shape index (κ2) is 16.9. The maximum atomic E-state index is 13.1. The molecule has 0 amide bonds. The van der Waals surface area contributed by atoms with Crippen molar-refractivity contribution >= 4 is 49.5 Å². The smallest absolute Gasteiger partial charge is 0.320 e. The monoisotopic (exact) mass is 657 g/mol. The Morgan fingerprint density at radius 3 is 2.20 bits per heavy atom. The standard InChI is InChI=1S/C32H43N5O8S/c1-21(38)25(8-10-28(39)40)36-14-12-33-13-15-37(26(32(44)45)9-11-29(41)42)19-17-35(16-18-36)20-22-6-7-24-30(43)23-4-2-3-5-27(23)46-31(24)34-22/h2-7,21,25-26,33,38H,8-20H2,1H3,(H,39,40)(H,41,42)(H,44,45). The van der Waals surface area contributed by atoms with E-state index in [2.05, 4.69) is 15.1 Å². The molecule has 0 radical (unpaired) electrons. The zero-order chi connectivity index (χ0) is 33.2. The lowest BCUT2D eigenvalue weighted by atomic mass is 10.0. The molecule has 1 saturated heterocycles. The number of fused-ring (bicyclic) bond motifs is 2. The van der Waals surface area contributed by atoms with Crippen molar-refractivity contribution in [1.29, 1.82) is 0 Å². The first-order valence-corrected chi connectivity index (χ1v) is 16.4. The predicted octanol–water partition coefficient (Wildman–Crippen LogP) is 1.75. The summed E-state index contributed by atoms with van der Waals surface area (Å²) in [4.78, 5) is 59.5. The number of benzene rings is 1. The van der Waals surface area contributed by atoms with Gasteiger partial charge in [0.1, 0.15) is 10.9 Å². The SMILES string of the molecule is CC(O)C(CCC(=O)O)N1CCNCCN(C(CCC(=O)O)C(=O)O)CCN(Cc2ccc3c(=O)c4ccccc4sc3n2)CC1. The number of aliphatic hydroxyl groups excluding tert-OH is 1.